The maximum atomic E-state index is 15.0. The molecule has 6 aliphatic rings. The molecular weight excluding hydrogens is 684 g/mol. The van der Waals surface area contributed by atoms with E-state index in [1.165, 1.54) is 5.57 Å². The van der Waals surface area contributed by atoms with Crippen LogP contribution in [0.1, 0.15) is 103 Å². The fraction of sp³-hybridized carbons (Fsp3) is 0.568. The molecule has 54 heavy (non-hydrogen) atoms. The topological polar surface area (TPSA) is 124 Å². The Kier molecular flexibility index (Phi) is 10.7. The quantitative estimate of drug-likeness (QED) is 0.120. The number of hydrogen-bond donors (Lipinski definition) is 2. The van der Waals surface area contributed by atoms with Gasteiger partial charge >= 0.3 is 0 Å². The zero-order valence-corrected chi connectivity index (χ0v) is 33.7. The smallest absolute Gasteiger partial charge is 0.248 e. The number of likely N-dealkylation sites (N-methyl/N-ethyl adjacent to an activating group) is 2. The van der Waals surface area contributed by atoms with Gasteiger partial charge in [0.2, 0.25) is 5.91 Å². The molecule has 1 spiro atoms. The van der Waals surface area contributed by atoms with Gasteiger partial charge < -0.3 is 34.3 Å². The molecule has 2 N–H and O–H groups in total. The van der Waals surface area contributed by atoms with E-state index >= 15 is 0 Å². The molecule has 3 aliphatic carbocycles. The molecular formula is C44H58N2O8. The molecule has 5 atom stereocenters. The summed E-state index contributed by atoms with van der Waals surface area (Å²) in [7, 11) is 3.58. The summed E-state index contributed by atoms with van der Waals surface area (Å²) < 4.78 is 26.7. The lowest BCUT2D eigenvalue weighted by Gasteiger charge is -2.56. The maximum Gasteiger partial charge on any atom is 0.248 e. The minimum atomic E-state index is -1.59. The summed E-state index contributed by atoms with van der Waals surface area (Å²) in [6.07, 6.45) is 13.9. The number of phenolic OH excluding ortho intramolecular Hbond substituents is 1. The number of nitrogens with zero attached hydrogens (tertiary/aromatic N) is 1. The van der Waals surface area contributed by atoms with Crippen molar-refractivity contribution < 1.29 is 38.4 Å². The zero-order valence-electron chi connectivity index (χ0n) is 33.7. The van der Waals surface area contributed by atoms with E-state index in [1.54, 1.807) is 31.0 Å². The van der Waals surface area contributed by atoms with E-state index < -0.39 is 28.3 Å². The lowest BCUT2D eigenvalue weighted by molar-refractivity contribution is -0.171. The van der Waals surface area contributed by atoms with Crippen molar-refractivity contribution in [1.29, 1.82) is 0 Å². The number of fused-ring (bicyclic) bond motifs is 2. The molecule has 1 aromatic rings. The molecule has 1 saturated carbocycles. The normalized spacial score (nSPS) is 28.3. The third-order valence-electron chi connectivity index (χ3n) is 11.9. The van der Waals surface area contributed by atoms with Crippen molar-refractivity contribution >= 4 is 23.5 Å². The van der Waals surface area contributed by atoms with Gasteiger partial charge in [0.05, 0.1) is 24.4 Å². The van der Waals surface area contributed by atoms with Crippen molar-refractivity contribution in [2.75, 3.05) is 40.4 Å². The van der Waals surface area contributed by atoms with E-state index in [-0.39, 0.29) is 46.9 Å². The molecule has 10 heteroatoms. The number of hydrogen-bond acceptors (Lipinski definition) is 9. The second kappa shape index (κ2) is 14.6. The van der Waals surface area contributed by atoms with E-state index in [0.29, 0.717) is 67.0 Å². The number of nitrogens with one attached hydrogen (secondary N) is 1. The maximum absolute atomic E-state index is 15.0. The third kappa shape index (κ3) is 6.47. The minimum Gasteiger partial charge on any atom is -0.506 e. The lowest BCUT2D eigenvalue weighted by Crippen LogP contribution is -2.72. The summed E-state index contributed by atoms with van der Waals surface area (Å²) in [5.41, 5.74) is -0.351. The van der Waals surface area contributed by atoms with Gasteiger partial charge in [0.15, 0.2) is 22.8 Å². The number of amides is 1. The number of ketones is 2. The summed E-state index contributed by atoms with van der Waals surface area (Å²) in [6.45, 7) is 17.9. The Morgan fingerprint density at radius 1 is 1.04 bits per heavy atom. The number of phenols is 1. The van der Waals surface area contributed by atoms with Crippen molar-refractivity contribution in [1.82, 2.24) is 10.2 Å². The van der Waals surface area contributed by atoms with E-state index in [1.807, 2.05) is 53.8 Å². The summed E-state index contributed by atoms with van der Waals surface area (Å²) >= 11 is 0. The van der Waals surface area contributed by atoms with Crippen LogP contribution in [-0.4, -0.2) is 90.3 Å². The molecule has 5 unspecified atom stereocenters. The average Bonchev–Trinajstić information content (AvgIpc) is 3.26. The van der Waals surface area contributed by atoms with Crippen LogP contribution in [0, 0.1) is 11.8 Å². The van der Waals surface area contributed by atoms with Gasteiger partial charge in [-0.2, -0.15) is 0 Å². The predicted octanol–water partition coefficient (Wildman–Crippen LogP) is 6.85. The Bertz CT molecular complexity index is 1890. The van der Waals surface area contributed by atoms with Crippen LogP contribution in [0.5, 0.6) is 17.2 Å². The summed E-state index contributed by atoms with van der Waals surface area (Å²) in [6, 6.07) is 0. The Morgan fingerprint density at radius 3 is 2.44 bits per heavy atom. The fourth-order valence-corrected chi connectivity index (χ4v) is 9.05. The Labute approximate surface area is 320 Å². The number of carbonyl (C=O) groups excluding carboxylic acids is 3. The van der Waals surface area contributed by atoms with Crippen LogP contribution < -0.4 is 14.8 Å². The van der Waals surface area contributed by atoms with Gasteiger partial charge in [0.1, 0.15) is 28.4 Å². The molecule has 1 amide bonds. The van der Waals surface area contributed by atoms with Crippen LogP contribution in [0.3, 0.4) is 0 Å². The van der Waals surface area contributed by atoms with E-state index in [2.05, 4.69) is 31.3 Å². The monoisotopic (exact) mass is 742 g/mol. The highest BCUT2D eigenvalue weighted by Crippen LogP contribution is 2.68. The molecule has 3 aliphatic heterocycles. The molecule has 3 heterocycles. The Balaban J connectivity index is 1.45. The molecule has 1 saturated heterocycles. The van der Waals surface area contributed by atoms with Crippen molar-refractivity contribution in [2.24, 2.45) is 11.8 Å². The van der Waals surface area contributed by atoms with E-state index in [4.69, 9.17) is 18.9 Å². The highest BCUT2D eigenvalue weighted by Gasteiger charge is 2.81. The molecule has 292 valence electrons. The van der Waals surface area contributed by atoms with Crippen molar-refractivity contribution in [3.63, 3.8) is 0 Å². The summed E-state index contributed by atoms with van der Waals surface area (Å²) in [4.78, 5) is 44.8. The van der Waals surface area contributed by atoms with Crippen molar-refractivity contribution in [2.45, 2.75) is 110 Å². The zero-order chi connectivity index (χ0) is 39.4. The van der Waals surface area contributed by atoms with Gasteiger partial charge in [-0.15, -0.1) is 0 Å². The SMILES string of the molecule is CNCCOCCN(C)C(=O)C(C)=CCC12OC(C)(C)C3CC(C=C4C(=O)c5c(O)c6c(c(CC=C(C)C)c5OC431)OC(C)(CCC=C(C)C)C=C6)C2=O. The molecule has 0 aromatic heterocycles. The highest BCUT2D eigenvalue weighted by atomic mass is 16.6. The number of benzene rings is 1. The predicted molar refractivity (Wildman–Crippen MR) is 209 cm³/mol. The second-order valence-corrected chi connectivity index (χ2v) is 16.9. The average molecular weight is 743 g/mol. The largest absolute Gasteiger partial charge is 0.506 e. The summed E-state index contributed by atoms with van der Waals surface area (Å²) in [5.74, 6) is -1.16. The molecule has 7 rings (SSSR count). The van der Waals surface area contributed by atoms with Crippen LogP contribution in [0.2, 0.25) is 0 Å². The first-order chi connectivity index (χ1) is 25.4. The van der Waals surface area contributed by atoms with Gasteiger partial charge in [-0.3, -0.25) is 14.4 Å². The number of allylic oxidation sites excluding steroid dienone is 5. The number of carbonyl (C=O) groups is 3. The lowest BCUT2D eigenvalue weighted by atomic mass is 9.51. The van der Waals surface area contributed by atoms with Crippen molar-refractivity contribution in [3.8, 4) is 17.2 Å². The van der Waals surface area contributed by atoms with Crippen LogP contribution in [0.15, 0.2) is 52.7 Å². The first-order valence-electron chi connectivity index (χ1n) is 19.3. The van der Waals surface area contributed by atoms with Crippen LogP contribution in [-0.2, 0) is 25.5 Å². The van der Waals surface area contributed by atoms with Gasteiger partial charge in [-0.25, -0.2) is 0 Å². The number of aromatic hydroxyl groups is 1. The molecule has 2 fully saturated rings. The number of rotatable bonds is 14. The van der Waals surface area contributed by atoms with Crippen LogP contribution in [0.25, 0.3) is 6.08 Å². The van der Waals surface area contributed by atoms with E-state index in [0.717, 1.165) is 18.5 Å². The summed E-state index contributed by atoms with van der Waals surface area (Å²) in [5, 5.41) is 15.0. The first-order valence-corrected chi connectivity index (χ1v) is 19.3. The first kappa shape index (κ1) is 39.7. The van der Waals surface area contributed by atoms with Crippen LogP contribution >= 0.6 is 0 Å². The van der Waals surface area contributed by atoms with Gasteiger partial charge in [-0.05, 0) is 100 Å². The standard InChI is InChI=1S/C44H58N2O8/c1-26(2)12-11-17-42(8)18-16-30-35(47)34-36(48)32-24-29-25-33-41(6,7)54-43(39(29)49,19-15-28(5)40(50)46(10)21-23-51-22-20-45-9)44(32,33)53-38(34)31(37(30)52-42)14-13-27(3)4/h12-13,15-16,18,24,29,33,45,47H,11,14,17,19-23,25H2,1-10H3. The van der Waals surface area contributed by atoms with Crippen LogP contribution in [0.4, 0.5) is 0 Å². The van der Waals surface area contributed by atoms with Gasteiger partial charge in [0.25, 0.3) is 0 Å². The highest BCUT2D eigenvalue weighted by molar-refractivity contribution is 6.19. The van der Waals surface area contributed by atoms with Crippen molar-refractivity contribution in [3.05, 3.63) is 69.4 Å². The second-order valence-electron chi connectivity index (χ2n) is 16.9. The van der Waals surface area contributed by atoms with Gasteiger partial charge in [-0.1, -0.05) is 35.5 Å². The number of Topliss-reactive ketones (excluding diaryl/α,β-unsaturated/α-hetero) is 2. The molecule has 4 bridgehead atoms. The third-order valence-corrected chi connectivity index (χ3v) is 11.9. The fourth-order valence-electron chi connectivity index (χ4n) is 9.05. The molecule has 0 radical (unpaired) electrons. The minimum absolute atomic E-state index is 0.0359. The Morgan fingerprint density at radius 2 is 1.76 bits per heavy atom. The molecule has 10 nitrogen and oxygen atoms in total. The van der Waals surface area contributed by atoms with Gasteiger partial charge in [0, 0.05) is 55.1 Å². The Hall–Kier alpha value is -3.99. The molecule has 1 aromatic carbocycles. The number of ether oxygens (including phenoxy) is 4. The van der Waals surface area contributed by atoms with E-state index in [9.17, 15) is 19.5 Å².